The standard InChI is InChI=1S/C13H19NO5S/c15-9-3-1-2-8-14-20(18,19)10-11-4-6-12(7-5-11)13(16)17/h4-7,14-15H,1-3,8-10H2,(H,16,17). The Labute approximate surface area is 118 Å². The molecular weight excluding hydrogens is 282 g/mol. The fourth-order valence-corrected chi connectivity index (χ4v) is 2.84. The minimum atomic E-state index is -3.41. The highest BCUT2D eigenvalue weighted by atomic mass is 32.2. The zero-order chi connectivity index (χ0) is 15.0. The summed E-state index contributed by atoms with van der Waals surface area (Å²) in [5.74, 6) is -1.21. The zero-order valence-corrected chi connectivity index (χ0v) is 11.9. The lowest BCUT2D eigenvalue weighted by Crippen LogP contribution is -2.26. The van der Waals surface area contributed by atoms with Gasteiger partial charge in [-0.2, -0.15) is 0 Å². The minimum absolute atomic E-state index is 0.114. The van der Waals surface area contributed by atoms with Crippen LogP contribution in [0, 0.1) is 0 Å². The maximum Gasteiger partial charge on any atom is 0.335 e. The van der Waals surface area contributed by atoms with Gasteiger partial charge in [0.05, 0.1) is 11.3 Å². The number of rotatable bonds is 9. The van der Waals surface area contributed by atoms with E-state index >= 15 is 0 Å². The van der Waals surface area contributed by atoms with E-state index in [1.165, 1.54) is 24.3 Å². The molecule has 6 nitrogen and oxygen atoms in total. The van der Waals surface area contributed by atoms with Crippen LogP contribution in [0.2, 0.25) is 0 Å². The van der Waals surface area contributed by atoms with Gasteiger partial charge in [0.15, 0.2) is 0 Å². The maximum atomic E-state index is 11.8. The lowest BCUT2D eigenvalue weighted by atomic mass is 10.1. The molecule has 112 valence electrons. The molecule has 1 rings (SSSR count). The second-order valence-corrected chi connectivity index (χ2v) is 6.25. The van der Waals surface area contributed by atoms with E-state index in [9.17, 15) is 13.2 Å². The van der Waals surface area contributed by atoms with Crippen molar-refractivity contribution >= 4 is 16.0 Å². The van der Waals surface area contributed by atoms with Gasteiger partial charge in [-0.1, -0.05) is 12.1 Å². The number of benzene rings is 1. The van der Waals surface area contributed by atoms with Gasteiger partial charge in [0.25, 0.3) is 0 Å². The molecule has 20 heavy (non-hydrogen) atoms. The van der Waals surface area contributed by atoms with Crippen molar-refractivity contribution in [1.82, 2.24) is 4.72 Å². The molecule has 1 aromatic carbocycles. The van der Waals surface area contributed by atoms with Crippen molar-refractivity contribution < 1.29 is 23.4 Å². The molecule has 0 radical (unpaired) electrons. The van der Waals surface area contributed by atoms with E-state index in [0.29, 0.717) is 24.9 Å². The smallest absolute Gasteiger partial charge is 0.335 e. The lowest BCUT2D eigenvalue weighted by molar-refractivity contribution is 0.0697. The van der Waals surface area contributed by atoms with Gasteiger partial charge in [-0.3, -0.25) is 0 Å². The molecule has 3 N–H and O–H groups in total. The van der Waals surface area contributed by atoms with Crippen LogP contribution >= 0.6 is 0 Å². The first-order chi connectivity index (χ1) is 9.44. The first-order valence-corrected chi connectivity index (χ1v) is 8.00. The van der Waals surface area contributed by atoms with Crippen molar-refractivity contribution in [1.29, 1.82) is 0 Å². The number of aliphatic hydroxyl groups is 1. The quantitative estimate of drug-likeness (QED) is 0.590. The third-order valence-electron chi connectivity index (χ3n) is 2.71. The molecular formula is C13H19NO5S. The molecule has 0 atom stereocenters. The summed E-state index contributed by atoms with van der Waals surface area (Å²) in [6, 6.07) is 5.76. The Hall–Kier alpha value is -1.44. The molecule has 7 heteroatoms. The maximum absolute atomic E-state index is 11.8. The van der Waals surface area contributed by atoms with E-state index in [1.54, 1.807) is 0 Å². The number of hydrogen-bond acceptors (Lipinski definition) is 4. The summed E-state index contributed by atoms with van der Waals surface area (Å²) in [7, 11) is -3.41. The highest BCUT2D eigenvalue weighted by Crippen LogP contribution is 2.08. The summed E-state index contributed by atoms with van der Waals surface area (Å²) in [5, 5.41) is 17.3. The Kier molecular flexibility index (Phi) is 6.63. The van der Waals surface area contributed by atoms with Gasteiger partial charge in [-0.05, 0) is 37.0 Å². The van der Waals surface area contributed by atoms with Crippen LogP contribution in [-0.2, 0) is 15.8 Å². The Balaban J connectivity index is 2.47. The molecule has 0 aliphatic heterocycles. The zero-order valence-electron chi connectivity index (χ0n) is 11.1. The highest BCUT2D eigenvalue weighted by molar-refractivity contribution is 7.88. The number of aliphatic hydroxyl groups excluding tert-OH is 1. The summed E-state index contributed by atoms with van der Waals surface area (Å²) in [5.41, 5.74) is 0.668. The SMILES string of the molecule is O=C(O)c1ccc(CS(=O)(=O)NCCCCCO)cc1. The van der Waals surface area contributed by atoms with Crippen molar-refractivity contribution in [2.45, 2.75) is 25.0 Å². The van der Waals surface area contributed by atoms with Gasteiger partial charge in [0.2, 0.25) is 10.0 Å². The third kappa shape index (κ3) is 6.14. The van der Waals surface area contributed by atoms with Crippen molar-refractivity contribution in [2.75, 3.05) is 13.2 Å². The van der Waals surface area contributed by atoms with E-state index in [-0.39, 0.29) is 17.9 Å². The second kappa shape index (κ2) is 7.98. The van der Waals surface area contributed by atoms with E-state index < -0.39 is 16.0 Å². The Morgan fingerprint density at radius 1 is 1.10 bits per heavy atom. The van der Waals surface area contributed by atoms with Crippen LogP contribution in [-0.4, -0.2) is 37.8 Å². The van der Waals surface area contributed by atoms with Crippen molar-refractivity contribution in [2.24, 2.45) is 0 Å². The topological polar surface area (TPSA) is 104 Å². The molecule has 0 spiro atoms. The molecule has 0 fully saturated rings. The fraction of sp³-hybridized carbons (Fsp3) is 0.462. The van der Waals surface area contributed by atoms with Crippen LogP contribution in [0.25, 0.3) is 0 Å². The first-order valence-electron chi connectivity index (χ1n) is 6.35. The Morgan fingerprint density at radius 2 is 1.75 bits per heavy atom. The van der Waals surface area contributed by atoms with Crippen LogP contribution in [0.4, 0.5) is 0 Å². The summed E-state index contributed by atoms with van der Waals surface area (Å²) < 4.78 is 26.0. The molecule has 0 unspecified atom stereocenters. The van der Waals surface area contributed by atoms with Crippen molar-refractivity contribution in [3.63, 3.8) is 0 Å². The number of aromatic carboxylic acids is 1. The third-order valence-corrected chi connectivity index (χ3v) is 4.07. The number of sulfonamides is 1. The fourth-order valence-electron chi connectivity index (χ4n) is 1.66. The number of carboxylic acids is 1. The van der Waals surface area contributed by atoms with Gasteiger partial charge in [-0.25, -0.2) is 17.9 Å². The van der Waals surface area contributed by atoms with Crippen LogP contribution in [0.1, 0.15) is 35.2 Å². The Morgan fingerprint density at radius 3 is 2.30 bits per heavy atom. The normalized spacial score (nSPS) is 11.4. The van der Waals surface area contributed by atoms with Gasteiger partial charge >= 0.3 is 5.97 Å². The highest BCUT2D eigenvalue weighted by Gasteiger charge is 2.11. The lowest BCUT2D eigenvalue weighted by Gasteiger charge is -2.07. The van der Waals surface area contributed by atoms with E-state index in [1.807, 2.05) is 0 Å². The van der Waals surface area contributed by atoms with Gasteiger partial charge in [0, 0.05) is 13.2 Å². The van der Waals surface area contributed by atoms with Gasteiger partial charge in [-0.15, -0.1) is 0 Å². The van der Waals surface area contributed by atoms with E-state index in [0.717, 1.165) is 6.42 Å². The molecule has 0 aliphatic carbocycles. The second-order valence-electron chi connectivity index (χ2n) is 4.44. The summed E-state index contributed by atoms with van der Waals surface area (Å²) in [6.07, 6.45) is 2.11. The average Bonchev–Trinajstić information content (AvgIpc) is 2.38. The molecule has 0 saturated heterocycles. The van der Waals surface area contributed by atoms with Gasteiger partial charge in [0.1, 0.15) is 0 Å². The van der Waals surface area contributed by atoms with Crippen LogP contribution in [0.5, 0.6) is 0 Å². The van der Waals surface area contributed by atoms with Crippen molar-refractivity contribution in [3.8, 4) is 0 Å². The number of hydrogen-bond donors (Lipinski definition) is 3. The largest absolute Gasteiger partial charge is 0.478 e. The average molecular weight is 301 g/mol. The molecule has 0 heterocycles. The molecule has 1 aromatic rings. The summed E-state index contributed by atoms with van der Waals surface area (Å²) in [6.45, 7) is 0.457. The predicted molar refractivity (Wildman–Crippen MR) is 75.0 cm³/mol. The number of unbranched alkanes of at least 4 members (excludes halogenated alkanes) is 2. The number of carboxylic acid groups (broad SMARTS) is 1. The minimum Gasteiger partial charge on any atom is -0.478 e. The van der Waals surface area contributed by atoms with Crippen LogP contribution < -0.4 is 4.72 Å². The molecule has 0 aromatic heterocycles. The summed E-state index contributed by atoms with van der Waals surface area (Å²) >= 11 is 0. The van der Waals surface area contributed by atoms with Crippen LogP contribution in [0.3, 0.4) is 0 Å². The van der Waals surface area contributed by atoms with E-state index in [2.05, 4.69) is 4.72 Å². The molecule has 0 aliphatic rings. The molecule has 0 bridgehead atoms. The number of nitrogens with one attached hydrogen (secondary N) is 1. The van der Waals surface area contributed by atoms with Crippen LogP contribution in [0.15, 0.2) is 24.3 Å². The summed E-state index contributed by atoms with van der Waals surface area (Å²) in [4.78, 5) is 10.7. The monoisotopic (exact) mass is 301 g/mol. The predicted octanol–water partition coefficient (Wildman–Crippen LogP) is 0.967. The first kappa shape index (κ1) is 16.6. The molecule has 0 amide bonds. The van der Waals surface area contributed by atoms with Gasteiger partial charge < -0.3 is 10.2 Å². The van der Waals surface area contributed by atoms with E-state index in [4.69, 9.17) is 10.2 Å². The van der Waals surface area contributed by atoms with Crippen molar-refractivity contribution in [3.05, 3.63) is 35.4 Å². The molecule has 0 saturated carbocycles. The number of carbonyl (C=O) groups is 1. The Bertz CT molecular complexity index is 524.